The molecule has 0 bridgehead atoms. The second-order valence-corrected chi connectivity index (χ2v) is 6.95. The van der Waals surface area contributed by atoms with Crippen molar-refractivity contribution in [2.24, 2.45) is 0 Å². The van der Waals surface area contributed by atoms with E-state index in [0.29, 0.717) is 16.6 Å². The van der Waals surface area contributed by atoms with E-state index in [2.05, 4.69) is 19.9 Å². The Morgan fingerprint density at radius 2 is 1.84 bits per heavy atom. The van der Waals surface area contributed by atoms with Crippen molar-refractivity contribution in [2.45, 2.75) is 17.6 Å². The van der Waals surface area contributed by atoms with Gasteiger partial charge in [-0.2, -0.15) is 18.3 Å². The van der Waals surface area contributed by atoms with E-state index < -0.39 is 21.8 Å². The van der Waals surface area contributed by atoms with Crippen molar-refractivity contribution < 1.29 is 21.6 Å². The smallest absolute Gasteiger partial charge is 0.259 e. The highest BCUT2D eigenvalue weighted by molar-refractivity contribution is 7.89. The maximum absolute atomic E-state index is 12.5. The van der Waals surface area contributed by atoms with Crippen molar-refractivity contribution in [3.05, 3.63) is 53.7 Å². The number of rotatable bonds is 5. The molecule has 0 aliphatic carbocycles. The van der Waals surface area contributed by atoms with Crippen LogP contribution >= 0.6 is 0 Å². The lowest BCUT2D eigenvalue weighted by Gasteiger charge is -2.08. The molecule has 0 spiro atoms. The Morgan fingerprint density at radius 1 is 1.12 bits per heavy atom. The molecule has 25 heavy (non-hydrogen) atoms. The summed E-state index contributed by atoms with van der Waals surface area (Å²) in [5.41, 5.74) is 0.196. The van der Waals surface area contributed by atoms with E-state index >= 15 is 0 Å². The van der Waals surface area contributed by atoms with Crippen LogP contribution in [-0.2, 0) is 22.6 Å². The van der Waals surface area contributed by atoms with Gasteiger partial charge < -0.3 is 0 Å². The molecule has 6 nitrogen and oxygen atoms in total. The molecule has 0 saturated heterocycles. The van der Waals surface area contributed by atoms with Crippen LogP contribution in [0.15, 0.2) is 47.6 Å². The van der Waals surface area contributed by atoms with Crippen LogP contribution in [0.5, 0.6) is 0 Å². The number of H-pyrrole nitrogens is 1. The van der Waals surface area contributed by atoms with Gasteiger partial charge in [0.2, 0.25) is 5.03 Å². The SMILES string of the molecule is O=S(=O)(NCCc1ccc(C(F)(F)F)cc1)c1n[nH]c2ncccc12. The summed E-state index contributed by atoms with van der Waals surface area (Å²) in [6.45, 7) is 0.0301. The highest BCUT2D eigenvalue weighted by atomic mass is 32.2. The highest BCUT2D eigenvalue weighted by Crippen LogP contribution is 2.29. The van der Waals surface area contributed by atoms with Gasteiger partial charge in [-0.05, 0) is 36.2 Å². The molecule has 0 unspecified atom stereocenters. The summed E-state index contributed by atoms with van der Waals surface area (Å²) in [5, 5.41) is 6.51. The van der Waals surface area contributed by atoms with Gasteiger partial charge in [0.15, 0.2) is 5.65 Å². The molecule has 0 radical (unpaired) electrons. The normalized spacial score (nSPS) is 12.6. The van der Waals surface area contributed by atoms with Gasteiger partial charge in [0, 0.05) is 12.7 Å². The zero-order valence-electron chi connectivity index (χ0n) is 12.7. The molecule has 0 saturated carbocycles. The first kappa shape index (κ1) is 17.4. The van der Waals surface area contributed by atoms with Crippen LogP contribution in [0.3, 0.4) is 0 Å². The van der Waals surface area contributed by atoms with Crippen molar-refractivity contribution >= 4 is 21.1 Å². The zero-order chi connectivity index (χ0) is 18.1. The quantitative estimate of drug-likeness (QED) is 0.722. The lowest BCUT2D eigenvalue weighted by atomic mass is 10.1. The third kappa shape index (κ3) is 3.80. The number of benzene rings is 1. The molecule has 2 heterocycles. The number of hydrogen-bond acceptors (Lipinski definition) is 4. The average molecular weight is 370 g/mol. The Bertz CT molecular complexity index is 982. The van der Waals surface area contributed by atoms with Crippen LogP contribution < -0.4 is 4.72 Å². The predicted molar refractivity (Wildman–Crippen MR) is 84.2 cm³/mol. The summed E-state index contributed by atoms with van der Waals surface area (Å²) >= 11 is 0. The summed E-state index contributed by atoms with van der Waals surface area (Å²) in [6, 6.07) is 7.76. The van der Waals surface area contributed by atoms with Crippen LogP contribution in [0, 0.1) is 0 Å². The Balaban J connectivity index is 1.67. The van der Waals surface area contributed by atoms with Crippen molar-refractivity contribution in [3.8, 4) is 0 Å². The van der Waals surface area contributed by atoms with E-state index in [4.69, 9.17) is 0 Å². The molecule has 2 aromatic heterocycles. The van der Waals surface area contributed by atoms with Crippen LogP contribution in [-0.4, -0.2) is 30.1 Å². The van der Waals surface area contributed by atoms with Gasteiger partial charge in [-0.1, -0.05) is 12.1 Å². The van der Waals surface area contributed by atoms with Gasteiger partial charge in [-0.3, -0.25) is 5.10 Å². The van der Waals surface area contributed by atoms with E-state index in [0.717, 1.165) is 12.1 Å². The van der Waals surface area contributed by atoms with E-state index in [-0.39, 0.29) is 18.0 Å². The Hall–Kier alpha value is -2.46. The number of fused-ring (bicyclic) bond motifs is 1. The molecule has 0 atom stereocenters. The van der Waals surface area contributed by atoms with Crippen LogP contribution in [0.4, 0.5) is 13.2 Å². The summed E-state index contributed by atoms with van der Waals surface area (Å²) in [5.74, 6) is 0. The number of sulfonamides is 1. The van der Waals surface area contributed by atoms with Gasteiger partial charge >= 0.3 is 6.18 Å². The van der Waals surface area contributed by atoms with Crippen LogP contribution in [0.25, 0.3) is 11.0 Å². The first-order valence-corrected chi connectivity index (χ1v) is 8.70. The van der Waals surface area contributed by atoms with Crippen LogP contribution in [0.1, 0.15) is 11.1 Å². The fourth-order valence-electron chi connectivity index (χ4n) is 2.29. The van der Waals surface area contributed by atoms with Crippen molar-refractivity contribution in [3.63, 3.8) is 0 Å². The number of hydrogen-bond donors (Lipinski definition) is 2. The summed E-state index contributed by atoms with van der Waals surface area (Å²) in [4.78, 5) is 3.97. The predicted octanol–water partition coefficient (Wildman–Crippen LogP) is 2.50. The molecule has 2 N–H and O–H groups in total. The maximum atomic E-state index is 12.5. The minimum absolute atomic E-state index is 0.0301. The first-order chi connectivity index (χ1) is 11.8. The van der Waals surface area contributed by atoms with Crippen molar-refractivity contribution in [2.75, 3.05) is 6.54 Å². The number of nitrogens with one attached hydrogen (secondary N) is 2. The molecule has 10 heteroatoms. The molecule has 0 fully saturated rings. The van der Waals surface area contributed by atoms with Crippen molar-refractivity contribution in [1.29, 1.82) is 0 Å². The van der Waals surface area contributed by atoms with E-state index in [9.17, 15) is 21.6 Å². The van der Waals surface area contributed by atoms with Gasteiger partial charge in [-0.25, -0.2) is 18.1 Å². The zero-order valence-corrected chi connectivity index (χ0v) is 13.5. The summed E-state index contributed by atoms with van der Waals surface area (Å²) < 4.78 is 64.5. The Morgan fingerprint density at radius 3 is 2.52 bits per heavy atom. The Kier molecular flexibility index (Phi) is 4.48. The maximum Gasteiger partial charge on any atom is 0.416 e. The topological polar surface area (TPSA) is 87.7 Å². The molecule has 0 aliphatic heterocycles. The van der Waals surface area contributed by atoms with Gasteiger partial charge in [-0.15, -0.1) is 0 Å². The van der Waals surface area contributed by atoms with E-state index in [1.54, 1.807) is 12.1 Å². The standard InChI is InChI=1S/C15H13F3N4O2S/c16-15(17,18)11-5-3-10(4-6-11)7-9-20-25(23,24)14-12-2-1-8-19-13(12)21-22-14/h1-6,8,20H,7,9H2,(H,19,21,22). The minimum atomic E-state index is -4.39. The third-order valence-electron chi connectivity index (χ3n) is 3.54. The lowest BCUT2D eigenvalue weighted by molar-refractivity contribution is -0.137. The molecule has 3 rings (SSSR count). The lowest BCUT2D eigenvalue weighted by Crippen LogP contribution is -2.26. The molecule has 132 valence electrons. The molecular weight excluding hydrogens is 357 g/mol. The highest BCUT2D eigenvalue weighted by Gasteiger charge is 2.29. The number of alkyl halides is 3. The largest absolute Gasteiger partial charge is 0.416 e. The van der Waals surface area contributed by atoms with Crippen molar-refractivity contribution in [1.82, 2.24) is 19.9 Å². The number of nitrogens with zero attached hydrogens (tertiary/aromatic N) is 2. The number of aromatic nitrogens is 3. The van der Waals surface area contributed by atoms with E-state index in [1.165, 1.54) is 18.3 Å². The van der Waals surface area contributed by atoms with Gasteiger partial charge in [0.25, 0.3) is 10.0 Å². The number of pyridine rings is 1. The monoisotopic (exact) mass is 370 g/mol. The molecule has 0 amide bonds. The second-order valence-electron chi connectivity index (χ2n) is 5.27. The second kappa shape index (κ2) is 6.45. The molecule has 1 aromatic carbocycles. The van der Waals surface area contributed by atoms with Gasteiger partial charge in [0.05, 0.1) is 10.9 Å². The average Bonchev–Trinajstić information content (AvgIpc) is 2.99. The summed E-state index contributed by atoms with van der Waals surface area (Å²) in [6.07, 6.45) is -2.64. The molecule has 0 aliphatic rings. The Labute approximate surface area is 141 Å². The summed E-state index contributed by atoms with van der Waals surface area (Å²) in [7, 11) is -3.86. The van der Waals surface area contributed by atoms with E-state index in [1.807, 2.05) is 0 Å². The minimum Gasteiger partial charge on any atom is -0.259 e. The fourth-order valence-corrected chi connectivity index (χ4v) is 3.42. The third-order valence-corrected chi connectivity index (χ3v) is 4.95. The van der Waals surface area contributed by atoms with Crippen LogP contribution in [0.2, 0.25) is 0 Å². The number of aromatic amines is 1. The first-order valence-electron chi connectivity index (χ1n) is 7.22. The number of halogens is 3. The molecular formula is C15H13F3N4O2S. The van der Waals surface area contributed by atoms with Gasteiger partial charge in [0.1, 0.15) is 0 Å². The molecule has 3 aromatic rings. The fraction of sp³-hybridized carbons (Fsp3) is 0.200.